The van der Waals surface area contributed by atoms with Crippen LogP contribution in [-0.2, 0) is 12.8 Å². The average molecular weight is 178 g/mol. The zero-order valence-corrected chi connectivity index (χ0v) is 8.67. The molecule has 0 atom stereocenters. The van der Waals surface area contributed by atoms with Crippen molar-refractivity contribution in [3.63, 3.8) is 0 Å². The Bertz CT molecular complexity index is 257. The van der Waals surface area contributed by atoms with Gasteiger partial charge in [0.05, 0.1) is 5.69 Å². The highest BCUT2D eigenvalue weighted by molar-refractivity contribution is 5.58. The number of nitrogens with two attached hydrogens (primary N) is 1. The summed E-state index contributed by atoms with van der Waals surface area (Å²) < 4.78 is 0. The third kappa shape index (κ3) is 2.01. The number of anilines is 1. The van der Waals surface area contributed by atoms with Gasteiger partial charge in [-0.3, -0.25) is 0 Å². The molecule has 13 heavy (non-hydrogen) atoms. The van der Waals surface area contributed by atoms with E-state index in [0.717, 1.165) is 12.8 Å². The van der Waals surface area contributed by atoms with Gasteiger partial charge in [-0.1, -0.05) is 32.0 Å². The predicted molar refractivity (Wildman–Crippen MR) is 57.8 cm³/mol. The topological polar surface area (TPSA) is 29.3 Å². The highest BCUT2D eigenvalue weighted by atomic mass is 15.4. The number of rotatable bonds is 3. The van der Waals surface area contributed by atoms with E-state index in [0.29, 0.717) is 0 Å². The Morgan fingerprint density at radius 1 is 1.15 bits per heavy atom. The fourth-order valence-corrected chi connectivity index (χ4v) is 1.67. The standard InChI is InChI=1S/C11H18N2/c1-4-9-7-6-8-10(5-2)11(9)13(3)12/h6-8H,4-5,12H2,1-3H3. The molecule has 2 heteroatoms. The van der Waals surface area contributed by atoms with Gasteiger partial charge in [-0.25, -0.2) is 5.84 Å². The number of nitrogens with zero attached hydrogens (tertiary/aromatic N) is 1. The SMILES string of the molecule is CCc1cccc(CC)c1N(C)N. The van der Waals surface area contributed by atoms with Crippen molar-refractivity contribution in [2.45, 2.75) is 26.7 Å². The Balaban J connectivity index is 3.21. The molecule has 0 fully saturated rings. The van der Waals surface area contributed by atoms with Gasteiger partial charge in [0.15, 0.2) is 0 Å². The lowest BCUT2D eigenvalue weighted by atomic mass is 10.0. The summed E-state index contributed by atoms with van der Waals surface area (Å²) in [6.07, 6.45) is 2.06. The Morgan fingerprint density at radius 3 is 1.92 bits per heavy atom. The van der Waals surface area contributed by atoms with Gasteiger partial charge in [0.25, 0.3) is 0 Å². The molecular weight excluding hydrogens is 160 g/mol. The van der Waals surface area contributed by atoms with Gasteiger partial charge in [-0.2, -0.15) is 0 Å². The summed E-state index contributed by atoms with van der Waals surface area (Å²) in [4.78, 5) is 0. The van der Waals surface area contributed by atoms with Crippen LogP contribution in [0.3, 0.4) is 0 Å². The molecule has 1 aromatic carbocycles. The predicted octanol–water partition coefficient (Wildman–Crippen LogP) is 2.12. The van der Waals surface area contributed by atoms with Crippen molar-refractivity contribution >= 4 is 5.69 Å². The van der Waals surface area contributed by atoms with Crippen molar-refractivity contribution in [1.82, 2.24) is 0 Å². The van der Waals surface area contributed by atoms with E-state index in [2.05, 4.69) is 32.0 Å². The van der Waals surface area contributed by atoms with E-state index in [4.69, 9.17) is 5.84 Å². The molecule has 72 valence electrons. The molecule has 0 heterocycles. The van der Waals surface area contributed by atoms with Gasteiger partial charge in [0, 0.05) is 7.05 Å². The molecule has 0 radical (unpaired) electrons. The summed E-state index contributed by atoms with van der Waals surface area (Å²) >= 11 is 0. The Labute approximate surface area is 80.3 Å². The van der Waals surface area contributed by atoms with E-state index in [1.807, 2.05) is 7.05 Å². The Kier molecular flexibility index (Phi) is 3.32. The third-order valence-corrected chi connectivity index (χ3v) is 2.32. The van der Waals surface area contributed by atoms with Crippen LogP contribution in [0.25, 0.3) is 0 Å². The zero-order valence-electron chi connectivity index (χ0n) is 8.67. The maximum atomic E-state index is 5.80. The van der Waals surface area contributed by atoms with Crippen molar-refractivity contribution in [3.8, 4) is 0 Å². The second-order valence-corrected chi connectivity index (χ2v) is 3.24. The summed E-state index contributed by atoms with van der Waals surface area (Å²) in [6, 6.07) is 6.38. The van der Waals surface area contributed by atoms with E-state index in [1.54, 1.807) is 5.01 Å². The molecule has 0 aliphatic rings. The number of aryl methyl sites for hydroxylation is 2. The first kappa shape index (κ1) is 10.1. The van der Waals surface area contributed by atoms with Crippen LogP contribution in [0.15, 0.2) is 18.2 Å². The number of hydrazine groups is 1. The number of para-hydroxylation sites is 1. The van der Waals surface area contributed by atoms with Crippen LogP contribution in [0, 0.1) is 0 Å². The third-order valence-electron chi connectivity index (χ3n) is 2.32. The van der Waals surface area contributed by atoms with Crippen LogP contribution < -0.4 is 10.9 Å². The minimum atomic E-state index is 1.03. The maximum Gasteiger partial charge on any atom is 0.0577 e. The molecule has 0 aromatic heterocycles. The Morgan fingerprint density at radius 2 is 1.62 bits per heavy atom. The van der Waals surface area contributed by atoms with Crippen LogP contribution in [0.5, 0.6) is 0 Å². The van der Waals surface area contributed by atoms with Gasteiger partial charge in [0.1, 0.15) is 0 Å². The van der Waals surface area contributed by atoms with E-state index in [-0.39, 0.29) is 0 Å². The summed E-state index contributed by atoms with van der Waals surface area (Å²) in [5.41, 5.74) is 3.83. The van der Waals surface area contributed by atoms with Gasteiger partial charge >= 0.3 is 0 Å². The summed E-state index contributed by atoms with van der Waals surface area (Å²) in [6.45, 7) is 4.31. The molecule has 0 bridgehead atoms. The molecule has 0 spiro atoms. The molecule has 1 aromatic rings. The molecule has 0 saturated heterocycles. The van der Waals surface area contributed by atoms with Gasteiger partial charge < -0.3 is 5.01 Å². The van der Waals surface area contributed by atoms with Crippen molar-refractivity contribution in [1.29, 1.82) is 0 Å². The van der Waals surface area contributed by atoms with Crippen LogP contribution in [-0.4, -0.2) is 7.05 Å². The van der Waals surface area contributed by atoms with Gasteiger partial charge in [0.2, 0.25) is 0 Å². The monoisotopic (exact) mass is 178 g/mol. The summed E-state index contributed by atoms with van der Waals surface area (Å²) in [5.74, 6) is 5.80. The average Bonchev–Trinajstić information content (AvgIpc) is 2.16. The normalized spacial score (nSPS) is 10.2. The molecule has 1 rings (SSSR count). The molecule has 2 nitrogen and oxygen atoms in total. The van der Waals surface area contributed by atoms with E-state index < -0.39 is 0 Å². The fourth-order valence-electron chi connectivity index (χ4n) is 1.67. The number of benzene rings is 1. The molecule has 0 amide bonds. The first-order valence-corrected chi connectivity index (χ1v) is 4.79. The largest absolute Gasteiger partial charge is 0.314 e. The number of hydrogen-bond donors (Lipinski definition) is 1. The van der Waals surface area contributed by atoms with Gasteiger partial charge in [-0.15, -0.1) is 0 Å². The van der Waals surface area contributed by atoms with Gasteiger partial charge in [-0.05, 0) is 24.0 Å². The van der Waals surface area contributed by atoms with Crippen LogP contribution >= 0.6 is 0 Å². The van der Waals surface area contributed by atoms with Crippen molar-refractivity contribution in [2.24, 2.45) is 5.84 Å². The quantitative estimate of drug-likeness (QED) is 0.567. The van der Waals surface area contributed by atoms with Crippen LogP contribution in [0.1, 0.15) is 25.0 Å². The molecule has 0 aliphatic heterocycles. The minimum absolute atomic E-state index is 1.03. The lowest BCUT2D eigenvalue weighted by Crippen LogP contribution is -2.27. The number of hydrogen-bond acceptors (Lipinski definition) is 2. The second-order valence-electron chi connectivity index (χ2n) is 3.24. The maximum absolute atomic E-state index is 5.80. The highest BCUT2D eigenvalue weighted by Crippen LogP contribution is 2.23. The zero-order chi connectivity index (χ0) is 9.84. The first-order valence-electron chi connectivity index (χ1n) is 4.79. The molecule has 0 aliphatic carbocycles. The molecule has 0 saturated carbocycles. The summed E-state index contributed by atoms with van der Waals surface area (Å²) in [7, 11) is 1.90. The van der Waals surface area contributed by atoms with E-state index in [1.165, 1.54) is 16.8 Å². The van der Waals surface area contributed by atoms with Crippen LogP contribution in [0.4, 0.5) is 5.69 Å². The Hall–Kier alpha value is -1.02. The molecule has 2 N–H and O–H groups in total. The second kappa shape index (κ2) is 4.28. The smallest absolute Gasteiger partial charge is 0.0577 e. The van der Waals surface area contributed by atoms with E-state index in [9.17, 15) is 0 Å². The lowest BCUT2D eigenvalue weighted by molar-refractivity contribution is 0.958. The van der Waals surface area contributed by atoms with Crippen molar-refractivity contribution in [3.05, 3.63) is 29.3 Å². The van der Waals surface area contributed by atoms with Crippen molar-refractivity contribution < 1.29 is 0 Å². The minimum Gasteiger partial charge on any atom is -0.314 e. The van der Waals surface area contributed by atoms with E-state index >= 15 is 0 Å². The first-order chi connectivity index (χ1) is 6.20. The van der Waals surface area contributed by atoms with Crippen LogP contribution in [0.2, 0.25) is 0 Å². The molecule has 0 unspecified atom stereocenters. The molecular formula is C11H18N2. The summed E-state index contributed by atoms with van der Waals surface area (Å²) in [5, 5.41) is 1.72. The fraction of sp³-hybridized carbons (Fsp3) is 0.455. The highest BCUT2D eigenvalue weighted by Gasteiger charge is 2.07. The lowest BCUT2D eigenvalue weighted by Gasteiger charge is -2.19. The van der Waals surface area contributed by atoms with Crippen molar-refractivity contribution in [2.75, 3.05) is 12.1 Å².